The number of hydrogen-bond acceptors (Lipinski definition) is 1. The van der Waals surface area contributed by atoms with Gasteiger partial charge in [0.1, 0.15) is 11.2 Å². The Balaban J connectivity index is 1.08. The molecule has 0 aliphatic carbocycles. The maximum absolute atomic E-state index is 6.35. The van der Waals surface area contributed by atoms with Crippen LogP contribution in [-0.4, -0.2) is 17.2 Å². The Bertz CT molecular complexity index is 3800. The van der Waals surface area contributed by atoms with Crippen molar-refractivity contribution in [2.45, 2.75) is 0 Å². The third kappa shape index (κ3) is 5.33. The van der Waals surface area contributed by atoms with Crippen LogP contribution in [-0.2, 0) is 0 Å². The van der Waals surface area contributed by atoms with Crippen molar-refractivity contribution in [3.8, 4) is 22.5 Å². The van der Waals surface area contributed by atoms with Crippen molar-refractivity contribution in [2.75, 3.05) is 0 Å². The lowest BCUT2D eigenvalue weighted by Crippen LogP contribution is -2.74. The van der Waals surface area contributed by atoms with Gasteiger partial charge in [-0.25, -0.2) is 0 Å². The molecule has 0 amide bonds. The Kier molecular flexibility index (Phi) is 8.23. The van der Waals surface area contributed by atoms with E-state index in [1.807, 2.05) is 6.07 Å². The molecule has 13 aromatic rings. The van der Waals surface area contributed by atoms with E-state index in [4.69, 9.17) is 4.42 Å². The summed E-state index contributed by atoms with van der Waals surface area (Å²) >= 11 is 0. The van der Waals surface area contributed by atoms with Crippen molar-refractivity contribution in [3.63, 3.8) is 0 Å². The van der Waals surface area contributed by atoms with Crippen LogP contribution in [0.1, 0.15) is 0 Å². The van der Waals surface area contributed by atoms with E-state index in [1.54, 1.807) is 0 Å². The molecule has 0 atom stereocenters. The van der Waals surface area contributed by atoms with Crippen LogP contribution in [0.25, 0.3) is 88.1 Å². The zero-order valence-electron chi connectivity index (χ0n) is 34.9. The fourth-order valence-electron chi connectivity index (χ4n) is 10.8. The SMILES string of the molecule is c1ccc([Si](c2ccccc2)(c2ccccc2)c2cccc(-n3c4ccccc4c4c3ccc3c5ccccc5n(-c5cccc(-c6cccc7oc8ccccc8c67)c5)c34)c2)cc1. The van der Waals surface area contributed by atoms with E-state index in [0.29, 0.717) is 0 Å². The summed E-state index contributed by atoms with van der Waals surface area (Å²) in [6.45, 7) is 0. The highest BCUT2D eigenvalue weighted by Crippen LogP contribution is 2.43. The molecule has 0 unspecified atom stereocenters. The summed E-state index contributed by atoms with van der Waals surface area (Å²) in [6, 6.07) is 89.3. The highest BCUT2D eigenvalue weighted by Gasteiger charge is 2.41. The number of hydrogen-bond donors (Lipinski definition) is 0. The summed E-state index contributed by atoms with van der Waals surface area (Å²) in [5, 5.41) is 12.6. The Hall–Kier alpha value is -8.18. The first-order valence-corrected chi connectivity index (χ1v) is 24.0. The molecule has 0 bridgehead atoms. The van der Waals surface area contributed by atoms with E-state index in [0.717, 1.165) is 44.4 Å². The van der Waals surface area contributed by atoms with E-state index in [1.165, 1.54) is 64.4 Å². The normalized spacial score (nSPS) is 12.1. The molecule has 3 aromatic heterocycles. The summed E-state index contributed by atoms with van der Waals surface area (Å²) in [4.78, 5) is 0. The number of nitrogens with zero attached hydrogens (tertiary/aromatic N) is 2. The topological polar surface area (TPSA) is 23.0 Å². The van der Waals surface area contributed by atoms with E-state index < -0.39 is 8.07 Å². The fourth-order valence-corrected chi connectivity index (χ4v) is 15.6. The van der Waals surface area contributed by atoms with Gasteiger partial charge in [-0.1, -0.05) is 188 Å². The summed E-state index contributed by atoms with van der Waals surface area (Å²) < 4.78 is 11.3. The molecule has 0 aliphatic heterocycles. The van der Waals surface area contributed by atoms with Gasteiger partial charge in [-0.3, -0.25) is 0 Å². The van der Waals surface area contributed by atoms with Crippen molar-refractivity contribution in [3.05, 3.63) is 243 Å². The van der Waals surface area contributed by atoms with Crippen LogP contribution in [0.3, 0.4) is 0 Å². The molecule has 3 heterocycles. The molecule has 0 spiro atoms. The van der Waals surface area contributed by atoms with Crippen LogP contribution in [0, 0.1) is 0 Å². The lowest BCUT2D eigenvalue weighted by Gasteiger charge is -2.34. The average molecular weight is 833 g/mol. The summed E-state index contributed by atoms with van der Waals surface area (Å²) in [6.07, 6.45) is 0. The Morgan fingerprint density at radius 2 is 0.844 bits per heavy atom. The van der Waals surface area contributed by atoms with Crippen LogP contribution < -0.4 is 20.7 Å². The largest absolute Gasteiger partial charge is 0.456 e. The molecule has 13 rings (SSSR count). The van der Waals surface area contributed by atoms with Crippen molar-refractivity contribution in [1.82, 2.24) is 9.13 Å². The molecule has 4 heteroatoms. The van der Waals surface area contributed by atoms with Crippen molar-refractivity contribution < 1.29 is 4.42 Å². The molecule has 64 heavy (non-hydrogen) atoms. The van der Waals surface area contributed by atoms with E-state index in [-0.39, 0.29) is 0 Å². The standard InChI is InChI=1S/C60H40N2OSi/c1-4-22-44(23-5-1)64(45-24-6-2-7-25-45,46-26-8-3-9-27-46)47-28-17-21-43(40-47)61-54-34-14-11-30-51(54)59-55(61)38-37-50-49-29-10-13-33-53(49)62(60(50)59)42-20-16-19-41(39-42)48-32-18-36-57-58(48)52-31-12-15-35-56(52)63-57/h1-40H. The lowest BCUT2D eigenvalue weighted by molar-refractivity contribution is 0.669. The molecule has 0 fully saturated rings. The summed E-state index contributed by atoms with van der Waals surface area (Å²) in [7, 11) is -2.78. The van der Waals surface area contributed by atoms with Gasteiger partial charge in [-0.15, -0.1) is 0 Å². The molecule has 300 valence electrons. The summed E-state index contributed by atoms with van der Waals surface area (Å²) in [5.74, 6) is 0. The minimum Gasteiger partial charge on any atom is -0.456 e. The third-order valence-corrected chi connectivity index (χ3v) is 18.2. The second kappa shape index (κ2) is 14.5. The number of aromatic nitrogens is 2. The number of para-hydroxylation sites is 3. The Morgan fingerprint density at radius 1 is 0.312 bits per heavy atom. The number of benzene rings is 10. The van der Waals surface area contributed by atoms with E-state index in [9.17, 15) is 0 Å². The minimum atomic E-state index is -2.78. The maximum atomic E-state index is 6.35. The molecule has 0 radical (unpaired) electrons. The van der Waals surface area contributed by atoms with Crippen molar-refractivity contribution >= 4 is 94.4 Å². The first-order valence-electron chi connectivity index (χ1n) is 22.0. The molecule has 0 saturated carbocycles. The van der Waals surface area contributed by atoms with Gasteiger partial charge in [0.2, 0.25) is 0 Å². The van der Waals surface area contributed by atoms with Crippen molar-refractivity contribution in [2.24, 2.45) is 0 Å². The van der Waals surface area contributed by atoms with Crippen molar-refractivity contribution in [1.29, 1.82) is 0 Å². The minimum absolute atomic E-state index is 0.899. The van der Waals surface area contributed by atoms with Crippen LogP contribution in [0.5, 0.6) is 0 Å². The van der Waals surface area contributed by atoms with Gasteiger partial charge in [-0.2, -0.15) is 0 Å². The van der Waals surface area contributed by atoms with Crippen LogP contribution in [0.15, 0.2) is 247 Å². The van der Waals surface area contributed by atoms with Gasteiger partial charge >= 0.3 is 0 Å². The fraction of sp³-hybridized carbons (Fsp3) is 0. The Labute approximate surface area is 371 Å². The second-order valence-corrected chi connectivity index (χ2v) is 20.6. The van der Waals surface area contributed by atoms with Gasteiger partial charge in [0.15, 0.2) is 8.07 Å². The predicted octanol–water partition coefficient (Wildman–Crippen LogP) is 12.8. The van der Waals surface area contributed by atoms with Crippen LogP contribution >= 0.6 is 0 Å². The molecular formula is C60H40N2OSi. The number of furan rings is 1. The third-order valence-electron chi connectivity index (χ3n) is 13.4. The molecule has 0 aliphatic rings. The molecule has 0 saturated heterocycles. The lowest BCUT2D eigenvalue weighted by atomic mass is 9.99. The van der Waals surface area contributed by atoms with Crippen LogP contribution in [0.4, 0.5) is 0 Å². The van der Waals surface area contributed by atoms with Gasteiger partial charge in [0, 0.05) is 43.7 Å². The average Bonchev–Trinajstić information content (AvgIpc) is 4.03. The van der Waals surface area contributed by atoms with E-state index in [2.05, 4.69) is 246 Å². The second-order valence-electron chi connectivity index (χ2n) is 16.8. The molecule has 3 nitrogen and oxygen atoms in total. The predicted molar refractivity (Wildman–Crippen MR) is 271 cm³/mol. The van der Waals surface area contributed by atoms with Gasteiger partial charge < -0.3 is 13.6 Å². The molecule has 0 N–H and O–H groups in total. The zero-order chi connectivity index (χ0) is 42.2. The Morgan fingerprint density at radius 3 is 1.55 bits per heavy atom. The van der Waals surface area contributed by atoms with Gasteiger partial charge in [0.25, 0.3) is 0 Å². The first kappa shape index (κ1) is 36.5. The number of fused-ring (bicyclic) bond motifs is 10. The zero-order valence-corrected chi connectivity index (χ0v) is 35.9. The quantitative estimate of drug-likeness (QED) is 0.116. The van der Waals surface area contributed by atoms with Gasteiger partial charge in [0.05, 0.1) is 22.1 Å². The highest BCUT2D eigenvalue weighted by atomic mass is 28.3. The first-order chi connectivity index (χ1) is 31.8. The number of rotatable bonds is 7. The highest BCUT2D eigenvalue weighted by molar-refractivity contribution is 7.19. The maximum Gasteiger partial charge on any atom is 0.179 e. The molecule has 10 aromatic carbocycles. The van der Waals surface area contributed by atoms with Crippen LogP contribution in [0.2, 0.25) is 0 Å². The van der Waals surface area contributed by atoms with E-state index >= 15 is 0 Å². The van der Waals surface area contributed by atoms with Gasteiger partial charge in [-0.05, 0) is 86.5 Å². The molecular weight excluding hydrogens is 793 g/mol. The smallest absolute Gasteiger partial charge is 0.179 e. The summed E-state index contributed by atoms with van der Waals surface area (Å²) in [5.41, 5.74) is 11.1. The monoisotopic (exact) mass is 832 g/mol.